The van der Waals surface area contributed by atoms with E-state index in [1.165, 1.54) is 12.8 Å². The van der Waals surface area contributed by atoms with Crippen LogP contribution >= 0.6 is 0 Å². The summed E-state index contributed by atoms with van der Waals surface area (Å²) in [5, 5.41) is 6.63. The number of hydrogen-bond donors (Lipinski definition) is 2. The third kappa shape index (κ3) is 5.17. The lowest BCUT2D eigenvalue weighted by molar-refractivity contribution is -0.119. The van der Waals surface area contributed by atoms with Crippen LogP contribution < -0.4 is 10.6 Å². The zero-order chi connectivity index (χ0) is 11.5. The van der Waals surface area contributed by atoms with Crippen LogP contribution in [0.1, 0.15) is 53.4 Å². The molecule has 0 spiro atoms. The largest absolute Gasteiger partial charge is 0.354 e. The van der Waals surface area contributed by atoms with Gasteiger partial charge in [-0.1, -0.05) is 0 Å². The Balaban J connectivity index is 2.38. The van der Waals surface area contributed by atoms with Gasteiger partial charge < -0.3 is 10.6 Å². The van der Waals surface area contributed by atoms with Crippen LogP contribution in [-0.2, 0) is 4.79 Å². The zero-order valence-corrected chi connectivity index (χ0v) is 10.4. The molecule has 0 unspecified atom stereocenters. The molecular weight excluding hydrogens is 188 g/mol. The predicted molar refractivity (Wildman–Crippen MR) is 62.7 cm³/mol. The highest BCUT2D eigenvalue weighted by atomic mass is 16.1. The van der Waals surface area contributed by atoms with Crippen LogP contribution in [0.4, 0.5) is 0 Å². The minimum absolute atomic E-state index is 0.0939. The number of amides is 1. The van der Waals surface area contributed by atoms with Crippen LogP contribution in [0.25, 0.3) is 0 Å². The van der Waals surface area contributed by atoms with Crippen LogP contribution in [0, 0.1) is 0 Å². The molecule has 1 amide bonds. The summed E-state index contributed by atoms with van der Waals surface area (Å²) in [4.78, 5) is 11.0. The van der Waals surface area contributed by atoms with Gasteiger partial charge in [-0.25, -0.2) is 0 Å². The Morgan fingerprint density at radius 2 is 1.80 bits per heavy atom. The Bertz CT molecular complexity index is 220. The van der Waals surface area contributed by atoms with E-state index in [0.717, 1.165) is 12.8 Å². The zero-order valence-electron chi connectivity index (χ0n) is 10.4. The Morgan fingerprint density at radius 1 is 1.20 bits per heavy atom. The standard InChI is InChI=1S/C12H24N2O/c1-9(15)13-10-6-5-7-11(8-10)14-12(2,3)4/h10-11,14H,5-8H2,1-4H3,(H,13,15)/t10-,11+/m0/s1. The van der Waals surface area contributed by atoms with Gasteiger partial charge >= 0.3 is 0 Å². The molecule has 88 valence electrons. The Kier molecular flexibility index (Phi) is 4.14. The first-order chi connectivity index (χ1) is 6.87. The van der Waals surface area contributed by atoms with Crippen LogP contribution in [0.2, 0.25) is 0 Å². The van der Waals surface area contributed by atoms with Crippen LogP contribution in [0.3, 0.4) is 0 Å². The number of carbonyl (C=O) groups excluding carboxylic acids is 1. The van der Waals surface area contributed by atoms with Gasteiger partial charge in [0.1, 0.15) is 0 Å². The van der Waals surface area contributed by atoms with Crippen LogP contribution in [0.5, 0.6) is 0 Å². The van der Waals surface area contributed by atoms with E-state index in [1.54, 1.807) is 6.92 Å². The predicted octanol–water partition coefficient (Wildman–Crippen LogP) is 1.82. The van der Waals surface area contributed by atoms with Gasteiger partial charge in [-0.15, -0.1) is 0 Å². The molecule has 3 nitrogen and oxygen atoms in total. The second-order valence-electron chi connectivity index (χ2n) is 5.66. The summed E-state index contributed by atoms with van der Waals surface area (Å²) in [5.74, 6) is 0.0939. The van der Waals surface area contributed by atoms with Crippen molar-refractivity contribution in [2.45, 2.75) is 71.0 Å². The lowest BCUT2D eigenvalue weighted by Crippen LogP contribution is -2.49. The number of rotatable bonds is 2. The van der Waals surface area contributed by atoms with Crippen molar-refractivity contribution >= 4 is 5.91 Å². The van der Waals surface area contributed by atoms with Gasteiger partial charge in [-0.3, -0.25) is 4.79 Å². The number of nitrogens with one attached hydrogen (secondary N) is 2. The van der Waals surface area contributed by atoms with E-state index >= 15 is 0 Å². The molecule has 0 heterocycles. The first-order valence-electron chi connectivity index (χ1n) is 5.91. The third-order valence-electron chi connectivity index (χ3n) is 2.72. The molecule has 0 bridgehead atoms. The Hall–Kier alpha value is -0.570. The van der Waals surface area contributed by atoms with Crippen molar-refractivity contribution in [1.29, 1.82) is 0 Å². The van der Waals surface area contributed by atoms with Crippen LogP contribution in [0.15, 0.2) is 0 Å². The fourth-order valence-corrected chi connectivity index (χ4v) is 2.35. The van der Waals surface area contributed by atoms with Gasteiger partial charge in [0.05, 0.1) is 0 Å². The number of hydrogen-bond acceptors (Lipinski definition) is 2. The third-order valence-corrected chi connectivity index (χ3v) is 2.72. The topological polar surface area (TPSA) is 41.1 Å². The van der Waals surface area contributed by atoms with Gasteiger partial charge in [-0.05, 0) is 46.5 Å². The summed E-state index contributed by atoms with van der Waals surface area (Å²) in [5.41, 5.74) is 0.169. The SMILES string of the molecule is CC(=O)N[C@H]1CCC[C@@H](NC(C)(C)C)C1. The lowest BCUT2D eigenvalue weighted by Gasteiger charge is -2.35. The molecular formula is C12H24N2O. The van der Waals surface area contributed by atoms with Crippen molar-refractivity contribution in [3.8, 4) is 0 Å². The summed E-state index contributed by atoms with van der Waals surface area (Å²) >= 11 is 0. The monoisotopic (exact) mass is 212 g/mol. The van der Waals surface area contributed by atoms with Gasteiger partial charge in [0.15, 0.2) is 0 Å². The molecule has 0 aromatic heterocycles. The van der Waals surface area contributed by atoms with Crippen molar-refractivity contribution in [1.82, 2.24) is 10.6 Å². The number of carbonyl (C=O) groups is 1. The van der Waals surface area contributed by atoms with Gasteiger partial charge in [0, 0.05) is 24.5 Å². The molecule has 0 aromatic carbocycles. The quantitative estimate of drug-likeness (QED) is 0.733. The molecule has 1 aliphatic rings. The molecule has 0 aromatic rings. The summed E-state index contributed by atoms with van der Waals surface area (Å²) in [6.45, 7) is 8.17. The highest BCUT2D eigenvalue weighted by Crippen LogP contribution is 2.20. The molecule has 1 fully saturated rings. The molecule has 0 aliphatic heterocycles. The van der Waals surface area contributed by atoms with Crippen molar-refractivity contribution < 1.29 is 4.79 Å². The average molecular weight is 212 g/mol. The Morgan fingerprint density at radius 3 is 2.33 bits per heavy atom. The molecule has 1 saturated carbocycles. The molecule has 2 atom stereocenters. The summed E-state index contributed by atoms with van der Waals surface area (Å²) in [7, 11) is 0. The maximum absolute atomic E-state index is 11.0. The molecule has 15 heavy (non-hydrogen) atoms. The highest BCUT2D eigenvalue weighted by molar-refractivity contribution is 5.73. The van der Waals surface area contributed by atoms with Crippen molar-refractivity contribution in [2.24, 2.45) is 0 Å². The van der Waals surface area contributed by atoms with E-state index in [9.17, 15) is 4.79 Å². The van der Waals surface area contributed by atoms with Crippen molar-refractivity contribution in [2.75, 3.05) is 0 Å². The fourth-order valence-electron chi connectivity index (χ4n) is 2.35. The molecule has 2 N–H and O–H groups in total. The first-order valence-corrected chi connectivity index (χ1v) is 5.91. The molecule has 0 saturated heterocycles. The van der Waals surface area contributed by atoms with E-state index in [0.29, 0.717) is 12.1 Å². The van der Waals surface area contributed by atoms with E-state index < -0.39 is 0 Å². The summed E-state index contributed by atoms with van der Waals surface area (Å²) in [6.07, 6.45) is 4.63. The molecule has 3 heteroatoms. The minimum Gasteiger partial charge on any atom is -0.354 e. The van der Waals surface area contributed by atoms with E-state index in [4.69, 9.17) is 0 Å². The molecule has 1 aliphatic carbocycles. The van der Waals surface area contributed by atoms with Crippen LogP contribution in [-0.4, -0.2) is 23.5 Å². The molecule has 1 rings (SSSR count). The van der Waals surface area contributed by atoms with Crippen molar-refractivity contribution in [3.05, 3.63) is 0 Å². The Labute approximate surface area is 93.0 Å². The second-order valence-corrected chi connectivity index (χ2v) is 5.66. The van der Waals surface area contributed by atoms with Crippen molar-refractivity contribution in [3.63, 3.8) is 0 Å². The normalized spacial score (nSPS) is 27.5. The second kappa shape index (κ2) is 4.97. The summed E-state index contributed by atoms with van der Waals surface area (Å²) in [6, 6.07) is 0.923. The van der Waals surface area contributed by atoms with E-state index in [1.807, 2.05) is 0 Å². The van der Waals surface area contributed by atoms with E-state index in [-0.39, 0.29) is 11.4 Å². The van der Waals surface area contributed by atoms with E-state index in [2.05, 4.69) is 31.4 Å². The van der Waals surface area contributed by atoms with Gasteiger partial charge in [0.25, 0.3) is 0 Å². The summed E-state index contributed by atoms with van der Waals surface area (Å²) < 4.78 is 0. The van der Waals surface area contributed by atoms with Gasteiger partial charge in [0.2, 0.25) is 5.91 Å². The smallest absolute Gasteiger partial charge is 0.217 e. The lowest BCUT2D eigenvalue weighted by atomic mass is 9.89. The maximum atomic E-state index is 11.0. The maximum Gasteiger partial charge on any atom is 0.217 e. The van der Waals surface area contributed by atoms with Gasteiger partial charge in [-0.2, -0.15) is 0 Å². The average Bonchev–Trinajstić information content (AvgIpc) is 1.99. The minimum atomic E-state index is 0.0939. The fraction of sp³-hybridized carbons (Fsp3) is 0.917. The highest BCUT2D eigenvalue weighted by Gasteiger charge is 2.25. The molecule has 0 radical (unpaired) electrons. The first kappa shape index (κ1) is 12.5.